The molecule has 2 aromatic carbocycles. The average molecular weight is 403 g/mol. The van der Waals surface area contributed by atoms with Crippen LogP contribution in [0.1, 0.15) is 25.3 Å². The number of sulfonamides is 1. The lowest BCUT2D eigenvalue weighted by Gasteiger charge is -2.32. The van der Waals surface area contributed by atoms with Gasteiger partial charge in [-0.1, -0.05) is 37.3 Å². The Morgan fingerprint density at radius 3 is 2.32 bits per heavy atom. The van der Waals surface area contributed by atoms with Gasteiger partial charge in [0.25, 0.3) is 5.91 Å². The fourth-order valence-corrected chi connectivity index (χ4v) is 4.50. The zero-order chi connectivity index (χ0) is 20.0. The number of hydrogen-bond donors (Lipinski definition) is 1. The first kappa shape index (κ1) is 20.4. The molecule has 1 aliphatic heterocycles. The van der Waals surface area contributed by atoms with Crippen molar-refractivity contribution in [3.05, 3.63) is 60.2 Å². The van der Waals surface area contributed by atoms with Crippen molar-refractivity contribution < 1.29 is 17.9 Å². The Morgan fingerprint density at radius 1 is 1.07 bits per heavy atom. The number of likely N-dealkylation sites (tertiary alicyclic amines) is 1. The highest BCUT2D eigenvalue weighted by molar-refractivity contribution is 7.89. The third-order valence-electron chi connectivity index (χ3n) is 4.92. The molecule has 0 atom stereocenters. The molecule has 0 aromatic heterocycles. The first-order valence-electron chi connectivity index (χ1n) is 9.55. The van der Waals surface area contributed by atoms with Crippen molar-refractivity contribution >= 4 is 15.9 Å². The zero-order valence-corrected chi connectivity index (χ0v) is 16.8. The standard InChI is InChI=1S/C21H26N2O4S/c1-2-17-8-10-20(11-9-17)28(25,26)22-18-12-14-23(15-13-18)21(24)16-27-19-6-4-3-5-7-19/h3-11,18,22H,2,12-16H2,1H3. The minimum Gasteiger partial charge on any atom is -0.484 e. The molecule has 0 unspecified atom stereocenters. The van der Waals surface area contributed by atoms with Crippen LogP contribution in [0.3, 0.4) is 0 Å². The van der Waals surface area contributed by atoms with Crippen molar-refractivity contribution in [2.24, 2.45) is 0 Å². The molecular formula is C21H26N2O4S. The highest BCUT2D eigenvalue weighted by Crippen LogP contribution is 2.16. The van der Waals surface area contributed by atoms with Gasteiger partial charge in [0.05, 0.1) is 4.90 Å². The van der Waals surface area contributed by atoms with E-state index in [1.54, 1.807) is 29.2 Å². The molecule has 150 valence electrons. The summed E-state index contributed by atoms with van der Waals surface area (Å²) in [7, 11) is -3.55. The Labute approximate surface area is 166 Å². The predicted molar refractivity (Wildman–Crippen MR) is 108 cm³/mol. The van der Waals surface area contributed by atoms with Crippen LogP contribution in [-0.4, -0.2) is 45.0 Å². The van der Waals surface area contributed by atoms with E-state index in [9.17, 15) is 13.2 Å². The highest BCUT2D eigenvalue weighted by Gasteiger charge is 2.26. The van der Waals surface area contributed by atoms with E-state index in [-0.39, 0.29) is 23.5 Å². The summed E-state index contributed by atoms with van der Waals surface area (Å²) >= 11 is 0. The Morgan fingerprint density at radius 2 is 1.71 bits per heavy atom. The molecule has 1 N–H and O–H groups in total. The summed E-state index contributed by atoms with van der Waals surface area (Å²) in [5, 5.41) is 0. The number of rotatable bonds is 7. The van der Waals surface area contributed by atoms with E-state index in [2.05, 4.69) is 4.72 Å². The number of carbonyl (C=O) groups excluding carboxylic acids is 1. The molecule has 2 aromatic rings. The second-order valence-corrected chi connectivity index (χ2v) is 8.59. The molecule has 3 rings (SSSR count). The number of nitrogens with one attached hydrogen (secondary N) is 1. The van der Waals surface area contributed by atoms with Crippen LogP contribution in [0.25, 0.3) is 0 Å². The molecule has 1 fully saturated rings. The number of nitrogens with zero attached hydrogens (tertiary/aromatic N) is 1. The minimum absolute atomic E-state index is 0.00974. The quantitative estimate of drug-likeness (QED) is 0.772. The fraction of sp³-hybridized carbons (Fsp3) is 0.381. The largest absolute Gasteiger partial charge is 0.484 e. The molecule has 7 heteroatoms. The summed E-state index contributed by atoms with van der Waals surface area (Å²) in [5.41, 5.74) is 1.10. The predicted octanol–water partition coefficient (Wildman–Crippen LogP) is 2.60. The second kappa shape index (κ2) is 9.21. The summed E-state index contributed by atoms with van der Waals surface area (Å²) < 4.78 is 33.4. The van der Waals surface area contributed by atoms with Crippen molar-refractivity contribution in [1.29, 1.82) is 0 Å². The molecule has 0 saturated carbocycles. The maximum Gasteiger partial charge on any atom is 0.260 e. The topological polar surface area (TPSA) is 75.7 Å². The highest BCUT2D eigenvalue weighted by atomic mass is 32.2. The van der Waals surface area contributed by atoms with Gasteiger partial charge >= 0.3 is 0 Å². The monoisotopic (exact) mass is 402 g/mol. The van der Waals surface area contributed by atoms with Crippen LogP contribution in [-0.2, 0) is 21.2 Å². The molecule has 0 radical (unpaired) electrons. The first-order chi connectivity index (χ1) is 13.5. The maximum absolute atomic E-state index is 12.6. The molecule has 0 bridgehead atoms. The number of ether oxygens (including phenoxy) is 1. The third kappa shape index (κ3) is 5.33. The maximum atomic E-state index is 12.6. The van der Waals surface area contributed by atoms with E-state index in [1.165, 1.54) is 0 Å². The van der Waals surface area contributed by atoms with Gasteiger partial charge in [0, 0.05) is 19.1 Å². The molecule has 1 amide bonds. The molecule has 0 spiro atoms. The van der Waals surface area contributed by atoms with Crippen molar-refractivity contribution in [3.63, 3.8) is 0 Å². The van der Waals surface area contributed by atoms with Gasteiger partial charge in [0.15, 0.2) is 6.61 Å². The molecular weight excluding hydrogens is 376 g/mol. The lowest BCUT2D eigenvalue weighted by molar-refractivity contribution is -0.134. The average Bonchev–Trinajstić information content (AvgIpc) is 2.73. The van der Waals surface area contributed by atoms with E-state index in [4.69, 9.17) is 4.74 Å². The lowest BCUT2D eigenvalue weighted by Crippen LogP contribution is -2.47. The smallest absolute Gasteiger partial charge is 0.260 e. The van der Waals surface area contributed by atoms with E-state index in [0.29, 0.717) is 31.7 Å². The van der Waals surface area contributed by atoms with E-state index in [0.717, 1.165) is 12.0 Å². The summed E-state index contributed by atoms with van der Waals surface area (Å²) in [6.07, 6.45) is 2.04. The third-order valence-corrected chi connectivity index (χ3v) is 6.45. The number of piperidine rings is 1. The van der Waals surface area contributed by atoms with Crippen LogP contribution in [0.4, 0.5) is 0 Å². The Balaban J connectivity index is 1.48. The minimum atomic E-state index is -3.55. The van der Waals surface area contributed by atoms with E-state index >= 15 is 0 Å². The van der Waals surface area contributed by atoms with Crippen LogP contribution in [0, 0.1) is 0 Å². The van der Waals surface area contributed by atoms with Gasteiger partial charge in [-0.2, -0.15) is 0 Å². The van der Waals surface area contributed by atoms with Gasteiger partial charge in [-0.15, -0.1) is 0 Å². The van der Waals surface area contributed by atoms with E-state index < -0.39 is 10.0 Å². The van der Waals surface area contributed by atoms with Crippen LogP contribution in [0.15, 0.2) is 59.5 Å². The number of hydrogen-bond acceptors (Lipinski definition) is 4. The second-order valence-electron chi connectivity index (χ2n) is 6.88. The van der Waals surface area contributed by atoms with Gasteiger partial charge in [0.1, 0.15) is 5.75 Å². The number of benzene rings is 2. The van der Waals surface area contributed by atoms with Gasteiger partial charge in [-0.3, -0.25) is 4.79 Å². The van der Waals surface area contributed by atoms with Crippen molar-refractivity contribution in [1.82, 2.24) is 9.62 Å². The van der Waals surface area contributed by atoms with Crippen LogP contribution >= 0.6 is 0 Å². The number of amides is 1. The Kier molecular flexibility index (Phi) is 6.70. The molecule has 1 aliphatic rings. The summed E-state index contributed by atoms with van der Waals surface area (Å²) in [6.45, 7) is 3.05. The van der Waals surface area contributed by atoms with E-state index in [1.807, 2.05) is 37.3 Å². The van der Waals surface area contributed by atoms with Crippen molar-refractivity contribution in [2.75, 3.05) is 19.7 Å². The Hall–Kier alpha value is -2.38. The van der Waals surface area contributed by atoms with Gasteiger partial charge < -0.3 is 9.64 Å². The van der Waals surface area contributed by atoms with Gasteiger partial charge in [-0.05, 0) is 49.1 Å². The Bertz CT molecular complexity index is 874. The molecule has 1 saturated heterocycles. The molecule has 28 heavy (non-hydrogen) atoms. The zero-order valence-electron chi connectivity index (χ0n) is 16.0. The normalized spacial score (nSPS) is 15.4. The number of carbonyl (C=O) groups is 1. The van der Waals surface area contributed by atoms with Gasteiger partial charge in [-0.25, -0.2) is 13.1 Å². The SMILES string of the molecule is CCc1ccc(S(=O)(=O)NC2CCN(C(=O)COc3ccccc3)CC2)cc1. The van der Waals surface area contributed by atoms with Gasteiger partial charge in [0.2, 0.25) is 10.0 Å². The lowest BCUT2D eigenvalue weighted by atomic mass is 10.1. The molecule has 1 heterocycles. The van der Waals surface area contributed by atoms with Crippen LogP contribution < -0.4 is 9.46 Å². The molecule has 6 nitrogen and oxygen atoms in total. The summed E-state index contributed by atoms with van der Waals surface area (Å²) in [4.78, 5) is 14.3. The summed E-state index contributed by atoms with van der Waals surface area (Å²) in [5.74, 6) is 0.577. The molecule has 0 aliphatic carbocycles. The van der Waals surface area contributed by atoms with Crippen molar-refractivity contribution in [3.8, 4) is 5.75 Å². The number of para-hydroxylation sites is 1. The van der Waals surface area contributed by atoms with Crippen molar-refractivity contribution in [2.45, 2.75) is 37.1 Å². The number of aryl methyl sites for hydroxylation is 1. The fourth-order valence-electron chi connectivity index (χ4n) is 3.19. The first-order valence-corrected chi connectivity index (χ1v) is 11.0. The van der Waals surface area contributed by atoms with Crippen LogP contribution in [0.2, 0.25) is 0 Å². The van der Waals surface area contributed by atoms with Crippen LogP contribution in [0.5, 0.6) is 5.75 Å². The summed E-state index contributed by atoms with van der Waals surface area (Å²) in [6, 6.07) is 16.0.